The molecule has 0 aromatic heterocycles. The van der Waals surface area contributed by atoms with Crippen molar-refractivity contribution in [2.24, 2.45) is 17.8 Å². The van der Waals surface area contributed by atoms with Crippen LogP contribution in [0.1, 0.15) is 51.4 Å². The molecule has 0 aromatic rings. The highest BCUT2D eigenvalue weighted by Crippen LogP contribution is 2.57. The molecule has 46 heavy (non-hydrogen) atoms. The van der Waals surface area contributed by atoms with Gasteiger partial charge in [-0.15, -0.1) is 0 Å². The summed E-state index contributed by atoms with van der Waals surface area (Å²) in [5, 5.41) is 108. The van der Waals surface area contributed by atoms with E-state index >= 15 is 0 Å². The Hall–Kier alpha value is -2.05. The third kappa shape index (κ3) is 7.97. The van der Waals surface area contributed by atoms with Crippen LogP contribution < -0.4 is 5.32 Å². The molecule has 4 bridgehead atoms. The Kier molecular flexibility index (Phi) is 12.0. The van der Waals surface area contributed by atoms with Gasteiger partial charge in [-0.3, -0.25) is 4.79 Å². The number of carboxylic acid groups (broad SMARTS) is 1. The zero-order valence-corrected chi connectivity index (χ0v) is 25.4. The van der Waals surface area contributed by atoms with Gasteiger partial charge < -0.3 is 70.8 Å². The minimum absolute atomic E-state index is 0.0453. The van der Waals surface area contributed by atoms with Crippen molar-refractivity contribution in [1.82, 2.24) is 10.2 Å². The number of ether oxygens (including phenoxy) is 2. The van der Waals surface area contributed by atoms with Crippen LogP contribution in [0.5, 0.6) is 0 Å². The quantitative estimate of drug-likeness (QED) is 0.0998. The van der Waals surface area contributed by atoms with Crippen LogP contribution in [0.2, 0.25) is 0 Å². The summed E-state index contributed by atoms with van der Waals surface area (Å²) in [7, 11) is 0. The number of carbonyl (C=O) groups excluding carboxylic acids is 1. The molecule has 11 N–H and O–H groups in total. The second-order valence-electron chi connectivity index (χ2n) is 13.5. The minimum atomic E-state index is -2.39. The van der Waals surface area contributed by atoms with E-state index in [-0.39, 0.29) is 17.5 Å². The molecule has 6 aliphatic rings. The van der Waals surface area contributed by atoms with E-state index in [9.17, 15) is 45.3 Å². The third-order valence-corrected chi connectivity index (χ3v) is 10.1. The number of aliphatic hydroxyl groups excluding tert-OH is 8. The van der Waals surface area contributed by atoms with Crippen LogP contribution in [0.3, 0.4) is 0 Å². The number of likely N-dealkylation sites (tertiary alicyclic amines) is 1. The number of carboxylic acids is 1. The summed E-state index contributed by atoms with van der Waals surface area (Å²) in [6, 6.07) is 1.99. The largest absolute Gasteiger partial charge is 0.479 e. The van der Waals surface area contributed by atoms with Gasteiger partial charge in [0.05, 0.1) is 43.5 Å². The highest BCUT2D eigenvalue weighted by atomic mass is 16.7. The van der Waals surface area contributed by atoms with Crippen molar-refractivity contribution < 1.29 is 70.1 Å². The van der Waals surface area contributed by atoms with Gasteiger partial charge in [-0.05, 0) is 63.2 Å². The molecule has 262 valence electrons. The number of nitriles is 1. The SMILES string of the molecule is N#C[C@@H]1CCCN1C(=O)CNC12CC3CC(CC(O)(C3)C1)C2.O=C(O)[C@H](O)[C@@H](O)C(O[C@@H]1O[C@H](O)[C@@H](CO)[C@H](O)[C@H]1O)[C@H](O)CO. The monoisotopic (exact) mass is 661 g/mol. The average Bonchev–Trinajstić information content (AvgIpc) is 3.48. The number of nitrogens with one attached hydrogen (secondary N) is 1. The molecule has 6 rings (SSSR count). The molecule has 0 spiro atoms. The van der Waals surface area contributed by atoms with Crippen LogP contribution in [0.4, 0.5) is 0 Å². The molecule has 17 heteroatoms. The summed E-state index contributed by atoms with van der Waals surface area (Å²) >= 11 is 0. The van der Waals surface area contributed by atoms with E-state index < -0.39 is 79.9 Å². The highest BCUT2D eigenvalue weighted by molar-refractivity contribution is 5.79. The van der Waals surface area contributed by atoms with E-state index in [0.717, 1.165) is 44.9 Å². The smallest absolute Gasteiger partial charge is 0.335 e. The summed E-state index contributed by atoms with van der Waals surface area (Å²) < 4.78 is 9.78. The Morgan fingerprint density at radius 3 is 2.26 bits per heavy atom. The first-order valence-corrected chi connectivity index (χ1v) is 15.7. The van der Waals surface area contributed by atoms with E-state index in [1.807, 2.05) is 0 Å². The lowest BCUT2D eigenvalue weighted by Gasteiger charge is -2.60. The summed E-state index contributed by atoms with van der Waals surface area (Å²) in [5.41, 5.74) is -0.542. The molecule has 6 fully saturated rings. The summed E-state index contributed by atoms with van der Waals surface area (Å²) in [5.74, 6) is -1.81. The predicted octanol–water partition coefficient (Wildman–Crippen LogP) is -4.29. The number of hydrogen-bond donors (Lipinski definition) is 11. The Morgan fingerprint density at radius 1 is 1.07 bits per heavy atom. The minimum Gasteiger partial charge on any atom is -0.479 e. The number of rotatable bonds is 11. The maximum Gasteiger partial charge on any atom is 0.335 e. The van der Waals surface area contributed by atoms with Crippen LogP contribution in [0.15, 0.2) is 0 Å². The first-order chi connectivity index (χ1) is 21.7. The Bertz CT molecular complexity index is 1090. The van der Waals surface area contributed by atoms with Gasteiger partial charge in [-0.2, -0.15) is 5.26 Å². The molecule has 2 aliphatic heterocycles. The maximum absolute atomic E-state index is 12.4. The molecule has 2 saturated heterocycles. The van der Waals surface area contributed by atoms with Crippen molar-refractivity contribution in [3.8, 4) is 6.07 Å². The number of amides is 1. The normalized spacial score (nSPS) is 40.7. The standard InChI is InChI=1S/C17H25N3O2.C12H22O12/c18-9-14-2-1-3-20(14)15(21)10-19-16-5-12-4-13(6-16)8-17(22,7-12)11-16;13-1-3-5(16)8(19)12(24-11(3)22)23-9(4(15)2-14)6(17)7(18)10(20)21/h12-14,19,22H,1-8,10-11H2;3-9,11-19,22H,1-2H2,(H,20,21)/t12?,13?,14-,16?,17?;3-,4+,5-,6+,7+,8+,9?,11-,12+/m00/s1. The second-order valence-corrected chi connectivity index (χ2v) is 13.5. The zero-order valence-electron chi connectivity index (χ0n) is 25.4. The van der Waals surface area contributed by atoms with E-state index in [1.165, 1.54) is 6.42 Å². The predicted molar refractivity (Wildman–Crippen MR) is 152 cm³/mol. The number of hydrogen-bond acceptors (Lipinski definition) is 15. The Morgan fingerprint density at radius 2 is 1.72 bits per heavy atom. The number of aliphatic carboxylic acids is 1. The molecule has 17 nitrogen and oxygen atoms in total. The molecule has 2 heterocycles. The Labute approximate surface area is 265 Å². The van der Waals surface area contributed by atoms with Gasteiger partial charge in [-0.25, -0.2) is 4.79 Å². The molecule has 1 amide bonds. The van der Waals surface area contributed by atoms with Gasteiger partial charge in [0.25, 0.3) is 0 Å². The van der Waals surface area contributed by atoms with Gasteiger partial charge in [0, 0.05) is 12.1 Å². The molecule has 12 atom stereocenters. The zero-order chi connectivity index (χ0) is 34.0. The van der Waals surface area contributed by atoms with E-state index in [1.54, 1.807) is 4.90 Å². The topological polar surface area (TPSA) is 294 Å². The average molecular weight is 662 g/mol. The summed E-state index contributed by atoms with van der Waals surface area (Å²) in [6.07, 6.45) is -7.73. The lowest BCUT2D eigenvalue weighted by Crippen LogP contribution is -2.65. The molecule has 4 aliphatic carbocycles. The maximum atomic E-state index is 12.4. The molecular formula is C29H47N3O14. The van der Waals surface area contributed by atoms with E-state index in [4.69, 9.17) is 30.1 Å². The number of carbonyl (C=O) groups is 2. The van der Waals surface area contributed by atoms with Gasteiger partial charge in [0.15, 0.2) is 18.7 Å². The van der Waals surface area contributed by atoms with Crippen LogP contribution in [-0.2, 0) is 19.1 Å². The first kappa shape index (κ1) is 36.8. The van der Waals surface area contributed by atoms with Crippen LogP contribution in [0, 0.1) is 29.1 Å². The van der Waals surface area contributed by atoms with Crippen LogP contribution in [0.25, 0.3) is 0 Å². The fourth-order valence-electron chi connectivity index (χ4n) is 8.18. The second kappa shape index (κ2) is 15.0. The van der Waals surface area contributed by atoms with Crippen molar-refractivity contribution in [1.29, 1.82) is 5.26 Å². The number of nitrogens with zero attached hydrogens (tertiary/aromatic N) is 2. The molecule has 0 radical (unpaired) electrons. The Balaban J connectivity index is 0.000000209. The van der Waals surface area contributed by atoms with Crippen LogP contribution >= 0.6 is 0 Å². The first-order valence-electron chi connectivity index (χ1n) is 15.7. The van der Waals surface area contributed by atoms with Crippen molar-refractivity contribution in [2.45, 2.75) is 118 Å². The summed E-state index contributed by atoms with van der Waals surface area (Å²) in [6.45, 7) is -0.703. The fraction of sp³-hybridized carbons (Fsp3) is 0.897. The fourth-order valence-corrected chi connectivity index (χ4v) is 8.18. The van der Waals surface area contributed by atoms with Crippen molar-refractivity contribution in [2.75, 3.05) is 26.3 Å². The van der Waals surface area contributed by atoms with Gasteiger partial charge in [0.2, 0.25) is 5.91 Å². The van der Waals surface area contributed by atoms with Gasteiger partial charge >= 0.3 is 5.97 Å². The van der Waals surface area contributed by atoms with E-state index in [0.29, 0.717) is 24.9 Å². The van der Waals surface area contributed by atoms with Crippen molar-refractivity contribution >= 4 is 11.9 Å². The highest BCUT2D eigenvalue weighted by Gasteiger charge is 2.57. The van der Waals surface area contributed by atoms with Crippen molar-refractivity contribution in [3.05, 3.63) is 0 Å². The van der Waals surface area contributed by atoms with E-state index in [2.05, 4.69) is 11.4 Å². The van der Waals surface area contributed by atoms with Gasteiger partial charge in [-0.1, -0.05) is 0 Å². The lowest BCUT2D eigenvalue weighted by atomic mass is 9.51. The summed E-state index contributed by atoms with van der Waals surface area (Å²) in [4.78, 5) is 24.9. The molecule has 4 saturated carbocycles. The van der Waals surface area contributed by atoms with Gasteiger partial charge in [0.1, 0.15) is 30.5 Å². The third-order valence-electron chi connectivity index (χ3n) is 10.1. The molecule has 0 aromatic carbocycles. The molecular weight excluding hydrogens is 614 g/mol. The van der Waals surface area contributed by atoms with Crippen molar-refractivity contribution in [3.63, 3.8) is 0 Å². The van der Waals surface area contributed by atoms with Crippen LogP contribution in [-0.4, -0.2) is 161 Å². The molecule has 3 unspecified atom stereocenters. The lowest BCUT2D eigenvalue weighted by molar-refractivity contribution is -0.352. The number of aliphatic hydroxyl groups is 9.